The highest BCUT2D eigenvalue weighted by molar-refractivity contribution is 6.32. The van der Waals surface area contributed by atoms with Gasteiger partial charge >= 0.3 is 0 Å². The van der Waals surface area contributed by atoms with Gasteiger partial charge in [-0.3, -0.25) is 0 Å². The van der Waals surface area contributed by atoms with E-state index in [1.165, 1.54) is 18.4 Å². The van der Waals surface area contributed by atoms with Gasteiger partial charge in [-0.15, -0.1) is 0 Å². The second-order valence-electron chi connectivity index (χ2n) is 7.68. The van der Waals surface area contributed by atoms with Crippen molar-refractivity contribution in [1.29, 1.82) is 0 Å². The molecule has 3 rings (SSSR count). The summed E-state index contributed by atoms with van der Waals surface area (Å²) in [4.78, 5) is 6.33. The number of rotatable bonds is 7. The predicted molar refractivity (Wildman–Crippen MR) is 152 cm³/mol. The standard InChI is InChI=1S/C22H22BFN2O.C4H10.2C2H6/c1-15-4-6-17(7-5-15)13-26(14-18-8-10-19(27-3)11-9-18)22-21(24)20(23)12-16(2)25-22;1-3-4-2;2*1-2/h4-12H,13-14H2,1-3H3;3-4H2,1-2H3;2*1-2H3. The summed E-state index contributed by atoms with van der Waals surface area (Å²) in [6.45, 7) is 17.3. The van der Waals surface area contributed by atoms with Crippen LogP contribution < -0.4 is 15.1 Å². The highest BCUT2D eigenvalue weighted by Gasteiger charge is 2.17. The Labute approximate surface area is 215 Å². The van der Waals surface area contributed by atoms with Crippen LogP contribution in [0.2, 0.25) is 0 Å². The average molecular weight is 479 g/mol. The Morgan fingerprint density at radius 1 is 0.829 bits per heavy atom. The lowest BCUT2D eigenvalue weighted by atomic mass is 9.95. The number of hydrogen-bond acceptors (Lipinski definition) is 3. The molecule has 0 aliphatic heterocycles. The monoisotopic (exact) mass is 478 g/mol. The summed E-state index contributed by atoms with van der Waals surface area (Å²) in [5.74, 6) is 0.568. The van der Waals surface area contributed by atoms with Gasteiger partial charge in [0.15, 0.2) is 11.6 Å². The summed E-state index contributed by atoms with van der Waals surface area (Å²) in [6.07, 6.45) is 2.64. The average Bonchev–Trinajstić information content (AvgIpc) is 2.90. The summed E-state index contributed by atoms with van der Waals surface area (Å²) in [5, 5.41) is 0. The number of halogens is 1. The number of pyridine rings is 1. The fourth-order valence-corrected chi connectivity index (χ4v) is 2.95. The van der Waals surface area contributed by atoms with Crippen molar-refractivity contribution in [2.75, 3.05) is 12.0 Å². The van der Waals surface area contributed by atoms with Crippen molar-refractivity contribution in [2.45, 2.75) is 81.3 Å². The third-order valence-corrected chi connectivity index (χ3v) is 4.92. The van der Waals surface area contributed by atoms with Crippen LogP contribution in [0.25, 0.3) is 0 Å². The van der Waals surface area contributed by atoms with Gasteiger partial charge in [0.1, 0.15) is 13.6 Å². The minimum absolute atomic E-state index is 0.112. The number of hydrogen-bond donors (Lipinski definition) is 0. The maximum Gasteiger partial charge on any atom is 0.165 e. The van der Waals surface area contributed by atoms with Gasteiger partial charge in [-0.2, -0.15) is 0 Å². The van der Waals surface area contributed by atoms with Crippen molar-refractivity contribution >= 4 is 19.1 Å². The lowest BCUT2D eigenvalue weighted by Crippen LogP contribution is -2.27. The second-order valence-corrected chi connectivity index (χ2v) is 7.68. The third-order valence-electron chi connectivity index (χ3n) is 4.92. The number of ether oxygens (including phenoxy) is 1. The molecule has 0 saturated heterocycles. The first-order valence-corrected chi connectivity index (χ1v) is 12.7. The molecule has 0 bridgehead atoms. The summed E-state index contributed by atoms with van der Waals surface area (Å²) in [7, 11) is 7.48. The van der Waals surface area contributed by atoms with E-state index < -0.39 is 5.82 Å². The SMILES string of the molecule is CC.CC.CCCC.[B]c1cc(C)nc(N(Cc2ccc(C)cc2)Cc2ccc(OC)cc2)c1F. The van der Waals surface area contributed by atoms with Gasteiger partial charge in [-0.1, -0.05) is 102 Å². The first kappa shape index (κ1) is 32.2. The third kappa shape index (κ3) is 11.4. The zero-order valence-corrected chi connectivity index (χ0v) is 23.3. The molecule has 0 saturated carbocycles. The van der Waals surface area contributed by atoms with Crippen molar-refractivity contribution in [3.63, 3.8) is 0 Å². The molecule has 0 atom stereocenters. The molecule has 190 valence electrons. The minimum Gasteiger partial charge on any atom is -0.497 e. The van der Waals surface area contributed by atoms with E-state index in [-0.39, 0.29) is 11.3 Å². The van der Waals surface area contributed by atoms with Crippen LogP contribution in [-0.2, 0) is 13.1 Å². The molecular weight excluding hydrogens is 434 g/mol. The number of benzene rings is 2. The molecule has 0 fully saturated rings. The normalized spacial score (nSPS) is 9.43. The Balaban J connectivity index is 0.00000129. The molecule has 1 heterocycles. The van der Waals surface area contributed by atoms with Crippen LogP contribution >= 0.6 is 0 Å². The van der Waals surface area contributed by atoms with Crippen molar-refractivity contribution < 1.29 is 9.13 Å². The van der Waals surface area contributed by atoms with Gasteiger partial charge < -0.3 is 9.64 Å². The number of aryl methyl sites for hydroxylation is 2. The zero-order chi connectivity index (χ0) is 26.8. The van der Waals surface area contributed by atoms with Crippen LogP contribution in [0.5, 0.6) is 5.75 Å². The van der Waals surface area contributed by atoms with Gasteiger partial charge in [0.25, 0.3) is 0 Å². The summed E-state index contributed by atoms with van der Waals surface area (Å²) < 4.78 is 20.0. The first-order chi connectivity index (χ1) is 16.9. The first-order valence-electron chi connectivity index (χ1n) is 12.7. The van der Waals surface area contributed by atoms with Crippen LogP contribution in [0.15, 0.2) is 54.6 Å². The smallest absolute Gasteiger partial charge is 0.165 e. The molecule has 0 aliphatic rings. The van der Waals surface area contributed by atoms with Crippen LogP contribution in [0.3, 0.4) is 0 Å². The number of unbranched alkanes of at least 4 members (excludes halogenated alkanes) is 1. The van der Waals surface area contributed by atoms with Crippen molar-refractivity contribution in [1.82, 2.24) is 4.98 Å². The highest BCUT2D eigenvalue weighted by Crippen LogP contribution is 2.22. The van der Waals surface area contributed by atoms with Crippen molar-refractivity contribution in [3.8, 4) is 5.75 Å². The van der Waals surface area contributed by atoms with Crippen LogP contribution in [0, 0.1) is 19.7 Å². The Morgan fingerprint density at radius 3 is 1.71 bits per heavy atom. The molecule has 0 amide bonds. The maximum atomic E-state index is 14.8. The van der Waals surface area contributed by atoms with E-state index in [2.05, 4.69) is 31.0 Å². The van der Waals surface area contributed by atoms with Crippen LogP contribution in [-0.4, -0.2) is 19.9 Å². The van der Waals surface area contributed by atoms with E-state index in [1.807, 2.05) is 82.8 Å². The van der Waals surface area contributed by atoms with Gasteiger partial charge in [0, 0.05) is 18.8 Å². The summed E-state index contributed by atoms with van der Waals surface area (Å²) >= 11 is 0. The van der Waals surface area contributed by atoms with Gasteiger partial charge in [0.05, 0.1) is 7.11 Å². The number of anilines is 1. The number of nitrogens with zero attached hydrogens (tertiary/aromatic N) is 2. The van der Waals surface area contributed by atoms with Gasteiger partial charge in [0.2, 0.25) is 0 Å². The van der Waals surface area contributed by atoms with E-state index >= 15 is 0 Å². The van der Waals surface area contributed by atoms with Crippen molar-refractivity contribution in [2.24, 2.45) is 0 Å². The van der Waals surface area contributed by atoms with Crippen LogP contribution in [0.4, 0.5) is 10.2 Å². The number of aromatic nitrogens is 1. The number of methoxy groups -OCH3 is 1. The van der Waals surface area contributed by atoms with E-state index in [4.69, 9.17) is 12.6 Å². The Hall–Kier alpha value is -2.82. The molecule has 0 unspecified atom stereocenters. The van der Waals surface area contributed by atoms with Gasteiger partial charge in [-0.25, -0.2) is 9.37 Å². The molecule has 2 aromatic carbocycles. The molecule has 3 aromatic rings. The fraction of sp³-hybridized carbons (Fsp3) is 0.433. The van der Waals surface area contributed by atoms with E-state index in [0.717, 1.165) is 16.9 Å². The lowest BCUT2D eigenvalue weighted by Gasteiger charge is -2.26. The maximum absolute atomic E-state index is 14.8. The molecule has 0 N–H and O–H groups in total. The van der Waals surface area contributed by atoms with E-state index in [1.54, 1.807) is 13.2 Å². The Kier molecular flexibility index (Phi) is 17.0. The summed E-state index contributed by atoms with van der Waals surface area (Å²) in [6, 6.07) is 17.5. The molecular formula is C30H44BFN2O. The highest BCUT2D eigenvalue weighted by atomic mass is 19.1. The second kappa shape index (κ2) is 18.5. The molecule has 1 aromatic heterocycles. The quantitative estimate of drug-likeness (QED) is 0.325. The Bertz CT molecular complexity index is 942. The van der Waals surface area contributed by atoms with Crippen LogP contribution in [0.1, 0.15) is 76.8 Å². The summed E-state index contributed by atoms with van der Waals surface area (Å²) in [5.41, 5.74) is 4.10. The molecule has 0 spiro atoms. The predicted octanol–water partition coefficient (Wildman–Crippen LogP) is 7.71. The Morgan fingerprint density at radius 2 is 1.29 bits per heavy atom. The minimum atomic E-state index is -0.485. The largest absolute Gasteiger partial charge is 0.497 e. The van der Waals surface area contributed by atoms with Crippen molar-refractivity contribution in [3.05, 3.63) is 82.8 Å². The molecule has 0 aliphatic carbocycles. The molecule has 5 heteroatoms. The lowest BCUT2D eigenvalue weighted by molar-refractivity contribution is 0.414. The van der Waals surface area contributed by atoms with E-state index in [0.29, 0.717) is 18.8 Å². The molecule has 3 nitrogen and oxygen atoms in total. The fourth-order valence-electron chi connectivity index (χ4n) is 2.95. The van der Waals surface area contributed by atoms with Gasteiger partial charge in [-0.05, 0) is 43.2 Å². The topological polar surface area (TPSA) is 25.4 Å². The molecule has 35 heavy (non-hydrogen) atoms. The van der Waals surface area contributed by atoms with E-state index in [9.17, 15) is 4.39 Å². The molecule has 2 radical (unpaired) electrons. The zero-order valence-electron chi connectivity index (χ0n) is 23.3.